The number of aromatic amines is 2. The largest absolute Gasteiger partial charge is 0.381 e. The van der Waals surface area contributed by atoms with Crippen molar-refractivity contribution < 1.29 is 14.3 Å². The van der Waals surface area contributed by atoms with Crippen molar-refractivity contribution in [3.8, 4) is 11.1 Å². The fraction of sp³-hybridized carbons (Fsp3) is 0.457. The van der Waals surface area contributed by atoms with Crippen molar-refractivity contribution in [1.29, 1.82) is 0 Å². The molecule has 2 aromatic carbocycles. The average Bonchev–Trinajstić information content (AvgIpc) is 3.37. The van der Waals surface area contributed by atoms with E-state index >= 15 is 0 Å². The Kier molecular flexibility index (Phi) is 8.96. The molecule has 0 unspecified atom stereocenters. The van der Waals surface area contributed by atoms with Crippen LogP contribution in [0, 0.1) is 20.8 Å². The molecule has 0 aliphatic carbocycles. The Hall–Kier alpha value is -4.15. The predicted octanol–water partition coefficient (Wildman–Crippen LogP) is 4.90. The topological polar surface area (TPSA) is 121 Å². The first-order chi connectivity index (χ1) is 21.7. The summed E-state index contributed by atoms with van der Waals surface area (Å²) in [5, 5.41) is 3.02. The minimum absolute atomic E-state index is 0.106. The molecule has 2 aromatic heterocycles. The summed E-state index contributed by atoms with van der Waals surface area (Å²) in [6, 6.07) is 12.4. The number of H-pyrrole nitrogens is 2. The zero-order valence-electron chi connectivity index (χ0n) is 26.6. The Bertz CT molecular complexity index is 1820. The predicted molar refractivity (Wildman–Crippen MR) is 176 cm³/mol. The highest BCUT2D eigenvalue weighted by molar-refractivity contribution is 5.99. The van der Waals surface area contributed by atoms with Gasteiger partial charge in [0, 0.05) is 74.1 Å². The van der Waals surface area contributed by atoms with Crippen LogP contribution in [0.2, 0.25) is 0 Å². The lowest BCUT2D eigenvalue weighted by Gasteiger charge is -2.37. The molecule has 2 aliphatic rings. The fourth-order valence-electron chi connectivity index (χ4n) is 7.00. The molecule has 4 heterocycles. The summed E-state index contributed by atoms with van der Waals surface area (Å²) in [6.45, 7) is 11.5. The van der Waals surface area contributed by atoms with Gasteiger partial charge in [-0.15, -0.1) is 0 Å². The van der Waals surface area contributed by atoms with Gasteiger partial charge in [0.25, 0.3) is 11.5 Å². The van der Waals surface area contributed by atoms with E-state index in [1.54, 1.807) is 0 Å². The molecular formula is C35H43N5O5. The number of imidazole rings is 1. The van der Waals surface area contributed by atoms with E-state index in [1.165, 1.54) is 0 Å². The Morgan fingerprint density at radius 2 is 1.64 bits per heavy atom. The number of pyridine rings is 1. The van der Waals surface area contributed by atoms with Gasteiger partial charge in [-0.1, -0.05) is 6.07 Å². The fourth-order valence-corrected chi connectivity index (χ4v) is 7.00. The van der Waals surface area contributed by atoms with Crippen LogP contribution in [0.25, 0.3) is 22.2 Å². The molecule has 1 amide bonds. The number of carbonyl (C=O) groups excluding carboxylic acids is 1. The lowest BCUT2D eigenvalue weighted by atomic mass is 9.95. The van der Waals surface area contributed by atoms with Gasteiger partial charge in [-0.3, -0.25) is 14.2 Å². The highest BCUT2D eigenvalue weighted by Gasteiger charge is 2.26. The molecule has 3 N–H and O–H groups in total. The van der Waals surface area contributed by atoms with Gasteiger partial charge in [-0.05, 0) is 106 Å². The first kappa shape index (κ1) is 30.9. The second-order valence-corrected chi connectivity index (χ2v) is 12.3. The van der Waals surface area contributed by atoms with Crippen molar-refractivity contribution in [2.45, 2.75) is 72.0 Å². The summed E-state index contributed by atoms with van der Waals surface area (Å²) in [5.41, 5.74) is 7.76. The molecule has 2 saturated heterocycles. The SMILES string of the molecule is CCN(c1cc(-c2ccc3c(c2)[nH]c(=O)n3C2CCOCC2)cc(C(=O)NCc2c(C)cc(C)[nH]c2=O)c1C)C1CCOCC1. The van der Waals surface area contributed by atoms with Crippen LogP contribution in [-0.2, 0) is 16.0 Å². The number of aromatic nitrogens is 3. The second-order valence-electron chi connectivity index (χ2n) is 12.3. The van der Waals surface area contributed by atoms with E-state index in [4.69, 9.17) is 9.47 Å². The van der Waals surface area contributed by atoms with Crippen LogP contribution in [0.3, 0.4) is 0 Å². The molecule has 0 bridgehead atoms. The molecule has 238 valence electrons. The molecule has 2 fully saturated rings. The van der Waals surface area contributed by atoms with E-state index in [-0.39, 0.29) is 29.7 Å². The highest BCUT2D eigenvalue weighted by Crippen LogP contribution is 2.35. The van der Waals surface area contributed by atoms with Crippen LogP contribution in [0.1, 0.15) is 71.4 Å². The normalized spacial score (nSPS) is 16.3. The summed E-state index contributed by atoms with van der Waals surface area (Å²) in [4.78, 5) is 47.9. The van der Waals surface area contributed by atoms with Gasteiger partial charge in [0.15, 0.2) is 0 Å². The summed E-state index contributed by atoms with van der Waals surface area (Å²) < 4.78 is 13.0. The first-order valence-electron chi connectivity index (χ1n) is 16.0. The van der Waals surface area contributed by atoms with Crippen molar-refractivity contribution in [3.63, 3.8) is 0 Å². The number of amides is 1. The number of nitrogens with one attached hydrogen (secondary N) is 3. The number of ether oxygens (including phenoxy) is 2. The molecular weight excluding hydrogens is 570 g/mol. The number of carbonyl (C=O) groups is 1. The molecule has 0 spiro atoms. The van der Waals surface area contributed by atoms with Gasteiger partial charge < -0.3 is 29.7 Å². The van der Waals surface area contributed by atoms with Gasteiger partial charge >= 0.3 is 5.69 Å². The zero-order chi connectivity index (χ0) is 31.7. The number of rotatable bonds is 8. The van der Waals surface area contributed by atoms with Crippen molar-refractivity contribution >= 4 is 22.6 Å². The highest BCUT2D eigenvalue weighted by atomic mass is 16.5. The number of anilines is 1. The van der Waals surface area contributed by atoms with Crippen molar-refractivity contribution in [3.05, 3.63) is 85.2 Å². The Balaban J connectivity index is 1.40. The molecule has 0 atom stereocenters. The van der Waals surface area contributed by atoms with Crippen molar-refractivity contribution in [2.75, 3.05) is 37.9 Å². The first-order valence-corrected chi connectivity index (χ1v) is 16.0. The van der Waals surface area contributed by atoms with Gasteiger partial charge in [-0.2, -0.15) is 0 Å². The number of hydrogen-bond acceptors (Lipinski definition) is 6. The monoisotopic (exact) mass is 613 g/mol. The minimum Gasteiger partial charge on any atom is -0.381 e. The second kappa shape index (κ2) is 13.1. The third kappa shape index (κ3) is 6.21. The summed E-state index contributed by atoms with van der Waals surface area (Å²) in [6.07, 6.45) is 3.45. The quantitative estimate of drug-likeness (QED) is 0.260. The van der Waals surface area contributed by atoms with Crippen LogP contribution in [0.4, 0.5) is 5.69 Å². The standard InChI is InChI=1S/C35H43N5O5/c1-5-39(26-8-12-44-13-9-26)32-19-25(17-28(23(32)4)33(41)36-20-29-21(2)16-22(3)37-34(29)42)24-6-7-31-30(18-24)38-35(43)40(31)27-10-14-45-15-11-27/h6-7,16-19,26-27H,5,8-15,20H2,1-4H3,(H,36,41)(H,37,42)(H,38,43). The number of nitrogens with zero attached hydrogens (tertiary/aromatic N) is 2. The molecule has 10 heteroatoms. The summed E-state index contributed by atoms with van der Waals surface area (Å²) in [5.74, 6) is -0.238. The van der Waals surface area contributed by atoms with E-state index in [1.807, 2.05) is 55.7 Å². The molecule has 6 rings (SSSR count). The van der Waals surface area contributed by atoms with E-state index in [9.17, 15) is 14.4 Å². The summed E-state index contributed by atoms with van der Waals surface area (Å²) >= 11 is 0. The number of aryl methyl sites for hydroxylation is 2. The molecule has 2 aliphatic heterocycles. The molecule has 4 aromatic rings. The minimum atomic E-state index is -0.238. The molecule has 45 heavy (non-hydrogen) atoms. The van der Waals surface area contributed by atoms with E-state index in [0.29, 0.717) is 43.6 Å². The van der Waals surface area contributed by atoms with Crippen LogP contribution in [0.5, 0.6) is 0 Å². The maximum absolute atomic E-state index is 13.9. The summed E-state index contributed by atoms with van der Waals surface area (Å²) in [7, 11) is 0. The lowest BCUT2D eigenvalue weighted by Crippen LogP contribution is -2.40. The lowest BCUT2D eigenvalue weighted by molar-refractivity contribution is 0.0698. The van der Waals surface area contributed by atoms with E-state index in [2.05, 4.69) is 33.2 Å². The van der Waals surface area contributed by atoms with Gasteiger partial charge in [-0.25, -0.2) is 4.79 Å². The van der Waals surface area contributed by atoms with Crippen molar-refractivity contribution in [2.24, 2.45) is 0 Å². The Morgan fingerprint density at radius 3 is 2.33 bits per heavy atom. The number of hydrogen-bond donors (Lipinski definition) is 3. The van der Waals surface area contributed by atoms with Crippen molar-refractivity contribution in [1.82, 2.24) is 19.9 Å². The number of fused-ring (bicyclic) bond motifs is 1. The third-order valence-corrected chi connectivity index (χ3v) is 9.43. The van der Waals surface area contributed by atoms with Gasteiger partial charge in [0.2, 0.25) is 0 Å². The van der Waals surface area contributed by atoms with Crippen LogP contribution in [-0.4, -0.2) is 59.5 Å². The molecule has 0 radical (unpaired) electrons. The maximum Gasteiger partial charge on any atom is 0.326 e. The Morgan fingerprint density at radius 1 is 0.933 bits per heavy atom. The van der Waals surface area contributed by atoms with Crippen LogP contribution in [0.15, 0.2) is 46.0 Å². The smallest absolute Gasteiger partial charge is 0.326 e. The van der Waals surface area contributed by atoms with E-state index < -0.39 is 0 Å². The van der Waals surface area contributed by atoms with Crippen LogP contribution >= 0.6 is 0 Å². The van der Waals surface area contributed by atoms with Gasteiger partial charge in [0.05, 0.1) is 11.0 Å². The average molecular weight is 614 g/mol. The van der Waals surface area contributed by atoms with E-state index in [0.717, 1.165) is 76.9 Å². The van der Waals surface area contributed by atoms with Crippen LogP contribution < -0.4 is 21.5 Å². The number of benzene rings is 2. The third-order valence-electron chi connectivity index (χ3n) is 9.43. The molecule has 10 nitrogen and oxygen atoms in total. The molecule has 0 saturated carbocycles. The Labute approximate surface area is 262 Å². The maximum atomic E-state index is 13.9. The van der Waals surface area contributed by atoms with Gasteiger partial charge in [0.1, 0.15) is 0 Å². The zero-order valence-corrected chi connectivity index (χ0v) is 26.6.